The predicted octanol–water partition coefficient (Wildman–Crippen LogP) is 2.25. The van der Waals surface area contributed by atoms with Gasteiger partial charge in [0.15, 0.2) is 5.78 Å². The summed E-state index contributed by atoms with van der Waals surface area (Å²) in [6.07, 6.45) is 4.89. The molecule has 1 unspecified atom stereocenters. The first kappa shape index (κ1) is 11.5. The van der Waals surface area contributed by atoms with E-state index in [4.69, 9.17) is 0 Å². The minimum absolute atomic E-state index is 0.0547. The Balaban J connectivity index is 1.71. The second-order valence-electron chi connectivity index (χ2n) is 4.52. The molecule has 1 atom stereocenters. The molecule has 0 aliphatic carbocycles. The Labute approximate surface area is 110 Å². The second-order valence-corrected chi connectivity index (χ2v) is 5.76. The van der Waals surface area contributed by atoms with E-state index in [-0.39, 0.29) is 11.0 Å². The maximum atomic E-state index is 12.3. The summed E-state index contributed by atoms with van der Waals surface area (Å²) < 4.78 is 1.91. The molecular weight excluding hydrogens is 244 g/mol. The fraction of sp³-hybridized carbons (Fsp3) is 0.286. The number of hydrogen-bond donors (Lipinski definition) is 0. The monoisotopic (exact) mass is 258 g/mol. The molecule has 0 N–H and O–H groups in total. The maximum absolute atomic E-state index is 12.3. The van der Waals surface area contributed by atoms with Crippen LogP contribution >= 0.6 is 11.8 Å². The quantitative estimate of drug-likeness (QED) is 0.847. The molecule has 3 rings (SSSR count). The highest BCUT2D eigenvalue weighted by Crippen LogP contribution is 2.37. The zero-order valence-corrected chi connectivity index (χ0v) is 11.0. The van der Waals surface area contributed by atoms with Crippen LogP contribution < -0.4 is 0 Å². The van der Waals surface area contributed by atoms with Gasteiger partial charge in [0, 0.05) is 24.3 Å². The number of carbonyl (C=O) groups excluding carboxylic acids is 1. The zero-order valence-electron chi connectivity index (χ0n) is 10.2. The molecule has 4 heteroatoms. The van der Waals surface area contributed by atoms with Crippen molar-refractivity contribution in [1.82, 2.24) is 9.55 Å². The van der Waals surface area contributed by atoms with Gasteiger partial charge in [0.05, 0.1) is 11.7 Å². The Hall–Kier alpha value is -1.55. The predicted molar refractivity (Wildman–Crippen MR) is 71.7 cm³/mol. The summed E-state index contributed by atoms with van der Waals surface area (Å²) in [6, 6.07) is 8.26. The summed E-state index contributed by atoms with van der Waals surface area (Å²) in [5, 5.41) is 0.0547. The van der Waals surface area contributed by atoms with Crippen LogP contribution in [0, 0.1) is 0 Å². The first-order chi connectivity index (χ1) is 8.74. The molecule has 92 valence electrons. The van der Waals surface area contributed by atoms with Crippen LogP contribution in [0.25, 0.3) is 0 Å². The van der Waals surface area contributed by atoms with Gasteiger partial charge in [-0.3, -0.25) is 4.79 Å². The highest BCUT2D eigenvalue weighted by atomic mass is 32.2. The molecule has 2 heterocycles. The first-order valence-electron chi connectivity index (χ1n) is 5.97. The van der Waals surface area contributed by atoms with Gasteiger partial charge in [-0.1, -0.05) is 18.2 Å². The van der Waals surface area contributed by atoms with E-state index >= 15 is 0 Å². The van der Waals surface area contributed by atoms with Crippen LogP contribution in [0.15, 0.2) is 41.6 Å². The van der Waals surface area contributed by atoms with Crippen molar-refractivity contribution >= 4 is 17.5 Å². The van der Waals surface area contributed by atoms with E-state index in [9.17, 15) is 4.79 Å². The summed E-state index contributed by atoms with van der Waals surface area (Å²) in [7, 11) is 1.92. The molecule has 0 fully saturated rings. The number of Topliss-reactive ketones (excluding diaryl/α,β-unsaturated/α-hetero) is 1. The number of imidazole rings is 1. The Kier molecular flexibility index (Phi) is 2.96. The molecule has 0 saturated carbocycles. The SMILES string of the molecule is Cn1ccnc1CC(=O)C1Cc2ccccc2S1. The van der Waals surface area contributed by atoms with Gasteiger partial charge in [0.1, 0.15) is 5.82 Å². The fourth-order valence-electron chi connectivity index (χ4n) is 2.20. The van der Waals surface area contributed by atoms with Crippen LogP contribution in [-0.4, -0.2) is 20.6 Å². The summed E-state index contributed by atoms with van der Waals surface area (Å²) in [5.41, 5.74) is 1.29. The molecule has 1 aliphatic heterocycles. The summed E-state index contributed by atoms with van der Waals surface area (Å²) >= 11 is 1.69. The number of rotatable bonds is 3. The molecule has 18 heavy (non-hydrogen) atoms. The molecule has 1 aliphatic rings. The maximum Gasteiger partial charge on any atom is 0.154 e. The molecule has 1 aromatic carbocycles. The van der Waals surface area contributed by atoms with Gasteiger partial charge in [-0.05, 0) is 18.1 Å². The molecule has 0 amide bonds. The Morgan fingerprint density at radius 1 is 1.50 bits per heavy atom. The van der Waals surface area contributed by atoms with Crippen molar-refractivity contribution in [3.05, 3.63) is 48.0 Å². The number of ketones is 1. The van der Waals surface area contributed by atoms with Crippen molar-refractivity contribution in [3.63, 3.8) is 0 Å². The third-order valence-electron chi connectivity index (χ3n) is 3.26. The van der Waals surface area contributed by atoms with Crippen molar-refractivity contribution in [3.8, 4) is 0 Å². The van der Waals surface area contributed by atoms with Crippen molar-refractivity contribution in [2.24, 2.45) is 7.05 Å². The highest BCUT2D eigenvalue weighted by molar-refractivity contribution is 8.01. The van der Waals surface area contributed by atoms with E-state index in [0.717, 1.165) is 12.2 Å². The van der Waals surface area contributed by atoms with Gasteiger partial charge in [0.2, 0.25) is 0 Å². The van der Waals surface area contributed by atoms with Crippen LogP contribution in [0.4, 0.5) is 0 Å². The van der Waals surface area contributed by atoms with Crippen LogP contribution in [0.2, 0.25) is 0 Å². The van der Waals surface area contributed by atoms with Gasteiger partial charge in [-0.25, -0.2) is 4.98 Å². The van der Waals surface area contributed by atoms with Gasteiger partial charge in [-0.2, -0.15) is 0 Å². The number of nitrogens with zero attached hydrogens (tertiary/aromatic N) is 2. The van der Waals surface area contributed by atoms with Crippen molar-refractivity contribution in [2.75, 3.05) is 0 Å². The van der Waals surface area contributed by atoms with E-state index in [1.54, 1.807) is 18.0 Å². The molecule has 0 bridgehead atoms. The average Bonchev–Trinajstić information content (AvgIpc) is 2.96. The molecular formula is C14H14N2OS. The largest absolute Gasteiger partial charge is 0.338 e. The topological polar surface area (TPSA) is 34.9 Å². The molecule has 0 radical (unpaired) electrons. The number of benzene rings is 1. The molecule has 2 aromatic rings. The second kappa shape index (κ2) is 4.61. The van der Waals surface area contributed by atoms with E-state index in [1.165, 1.54) is 10.5 Å². The van der Waals surface area contributed by atoms with E-state index < -0.39 is 0 Å². The Morgan fingerprint density at radius 3 is 3.06 bits per heavy atom. The third-order valence-corrected chi connectivity index (χ3v) is 4.63. The lowest BCUT2D eigenvalue weighted by molar-refractivity contribution is -0.118. The molecule has 0 spiro atoms. The number of fused-ring (bicyclic) bond motifs is 1. The number of thioether (sulfide) groups is 1. The van der Waals surface area contributed by atoms with Crippen LogP contribution in [0.3, 0.4) is 0 Å². The number of hydrogen-bond acceptors (Lipinski definition) is 3. The van der Waals surface area contributed by atoms with E-state index in [0.29, 0.717) is 6.42 Å². The number of aryl methyl sites for hydroxylation is 1. The summed E-state index contributed by atoms with van der Waals surface area (Å²) in [4.78, 5) is 17.7. The summed E-state index contributed by atoms with van der Waals surface area (Å²) in [6.45, 7) is 0. The Morgan fingerprint density at radius 2 is 2.33 bits per heavy atom. The normalized spacial score (nSPS) is 17.7. The molecule has 1 aromatic heterocycles. The average molecular weight is 258 g/mol. The smallest absolute Gasteiger partial charge is 0.154 e. The van der Waals surface area contributed by atoms with Gasteiger partial charge >= 0.3 is 0 Å². The third kappa shape index (κ3) is 2.08. The molecule has 0 saturated heterocycles. The molecule has 3 nitrogen and oxygen atoms in total. The zero-order chi connectivity index (χ0) is 12.5. The van der Waals surface area contributed by atoms with Crippen LogP contribution in [0.5, 0.6) is 0 Å². The van der Waals surface area contributed by atoms with Crippen molar-refractivity contribution in [1.29, 1.82) is 0 Å². The lowest BCUT2D eigenvalue weighted by atomic mass is 10.1. The minimum Gasteiger partial charge on any atom is -0.338 e. The minimum atomic E-state index is 0.0547. The standard InChI is InChI=1S/C14H14N2OS/c1-16-7-6-15-14(16)9-11(17)13-8-10-4-2-3-5-12(10)18-13/h2-7,13H,8-9H2,1H3. The number of carbonyl (C=O) groups is 1. The van der Waals surface area contributed by atoms with Crippen LogP contribution in [-0.2, 0) is 24.7 Å². The fourth-order valence-corrected chi connectivity index (χ4v) is 3.44. The van der Waals surface area contributed by atoms with Gasteiger partial charge < -0.3 is 4.57 Å². The van der Waals surface area contributed by atoms with E-state index in [2.05, 4.69) is 17.1 Å². The lowest BCUT2D eigenvalue weighted by Crippen LogP contribution is -2.20. The van der Waals surface area contributed by atoms with Gasteiger partial charge in [-0.15, -0.1) is 11.8 Å². The van der Waals surface area contributed by atoms with Crippen LogP contribution in [0.1, 0.15) is 11.4 Å². The Bertz CT molecular complexity index is 566. The van der Waals surface area contributed by atoms with Gasteiger partial charge in [0.25, 0.3) is 0 Å². The highest BCUT2D eigenvalue weighted by Gasteiger charge is 2.28. The summed E-state index contributed by atoms with van der Waals surface area (Å²) in [5.74, 6) is 1.11. The number of aromatic nitrogens is 2. The first-order valence-corrected chi connectivity index (χ1v) is 6.85. The lowest BCUT2D eigenvalue weighted by Gasteiger charge is -2.07. The van der Waals surface area contributed by atoms with E-state index in [1.807, 2.05) is 29.9 Å². The van der Waals surface area contributed by atoms with Crippen molar-refractivity contribution < 1.29 is 4.79 Å². The van der Waals surface area contributed by atoms with Crippen molar-refractivity contribution in [2.45, 2.75) is 23.0 Å².